The number of nitrogens with zero attached hydrogens (tertiary/aromatic N) is 2. The number of hydrogen-bond donors (Lipinski definition) is 1. The molecule has 4 nitrogen and oxygen atoms in total. The van der Waals surface area contributed by atoms with Gasteiger partial charge < -0.3 is 5.32 Å². The van der Waals surface area contributed by atoms with Crippen molar-refractivity contribution in [1.82, 2.24) is 0 Å². The normalized spacial score (nSPS) is 11.6. The van der Waals surface area contributed by atoms with Gasteiger partial charge in [-0.05, 0) is 54.6 Å². The molecule has 0 aliphatic rings. The summed E-state index contributed by atoms with van der Waals surface area (Å²) in [5.41, 5.74) is 1.20. The fourth-order valence-electron chi connectivity index (χ4n) is 2.33. The Bertz CT molecular complexity index is 990. The van der Waals surface area contributed by atoms with E-state index in [0.29, 0.717) is 16.3 Å². The van der Waals surface area contributed by atoms with Gasteiger partial charge in [0.2, 0.25) is 5.91 Å². The first kappa shape index (κ1) is 20.6. The van der Waals surface area contributed by atoms with Crippen LogP contribution in [-0.2, 0) is 11.0 Å². The van der Waals surface area contributed by atoms with Gasteiger partial charge in [0.1, 0.15) is 0 Å². The molecular weight excluding hydrogens is 399 g/mol. The summed E-state index contributed by atoms with van der Waals surface area (Å²) >= 11 is 1.04. The van der Waals surface area contributed by atoms with Crippen LogP contribution in [0.2, 0.25) is 0 Å². The third-order valence-electron chi connectivity index (χ3n) is 3.72. The zero-order chi connectivity index (χ0) is 20.7. The molecule has 3 rings (SSSR count). The van der Waals surface area contributed by atoms with E-state index in [1.807, 2.05) is 30.3 Å². The Balaban J connectivity index is 1.53. The number of alkyl halides is 3. The van der Waals surface area contributed by atoms with Gasteiger partial charge in [-0.25, -0.2) is 0 Å². The predicted molar refractivity (Wildman–Crippen MR) is 108 cm³/mol. The van der Waals surface area contributed by atoms with Crippen LogP contribution >= 0.6 is 11.8 Å². The van der Waals surface area contributed by atoms with E-state index in [9.17, 15) is 18.0 Å². The van der Waals surface area contributed by atoms with Gasteiger partial charge >= 0.3 is 6.18 Å². The van der Waals surface area contributed by atoms with Crippen molar-refractivity contribution in [3.63, 3.8) is 0 Å². The van der Waals surface area contributed by atoms with Gasteiger partial charge in [-0.2, -0.15) is 23.4 Å². The maximum Gasteiger partial charge on any atom is 0.416 e. The molecule has 0 atom stereocenters. The van der Waals surface area contributed by atoms with Crippen LogP contribution in [0, 0.1) is 0 Å². The van der Waals surface area contributed by atoms with Crippen LogP contribution in [0.15, 0.2) is 94.0 Å². The minimum Gasteiger partial charge on any atom is -0.325 e. The number of carbonyl (C=O) groups excluding carboxylic acids is 1. The van der Waals surface area contributed by atoms with Gasteiger partial charge in [0.15, 0.2) is 0 Å². The van der Waals surface area contributed by atoms with E-state index in [0.717, 1.165) is 29.6 Å². The number of hydrogen-bond acceptors (Lipinski definition) is 4. The Morgan fingerprint density at radius 2 is 1.52 bits per heavy atom. The first-order valence-electron chi connectivity index (χ1n) is 8.57. The number of carbonyl (C=O) groups is 1. The molecule has 1 amide bonds. The predicted octanol–water partition coefficient (Wildman–Crippen LogP) is 6.85. The summed E-state index contributed by atoms with van der Waals surface area (Å²) in [4.78, 5) is 12.4. The highest BCUT2D eigenvalue weighted by Gasteiger charge is 2.30. The van der Waals surface area contributed by atoms with Crippen LogP contribution in [0.3, 0.4) is 0 Å². The molecule has 0 aromatic heterocycles. The molecule has 1 N–H and O–H groups in total. The topological polar surface area (TPSA) is 53.8 Å². The van der Waals surface area contributed by atoms with Crippen LogP contribution in [0.25, 0.3) is 0 Å². The molecule has 0 aliphatic heterocycles. The minimum atomic E-state index is -4.40. The first-order valence-corrected chi connectivity index (χ1v) is 9.55. The lowest BCUT2D eigenvalue weighted by Crippen LogP contribution is -2.13. The van der Waals surface area contributed by atoms with Crippen molar-refractivity contribution in [2.24, 2.45) is 10.2 Å². The molecular formula is C21H16F3N3OS. The summed E-state index contributed by atoms with van der Waals surface area (Å²) < 4.78 is 38.2. The van der Waals surface area contributed by atoms with Gasteiger partial charge in [0.05, 0.1) is 22.7 Å². The molecule has 0 bridgehead atoms. The average molecular weight is 415 g/mol. The number of anilines is 1. The van der Waals surface area contributed by atoms with Crippen molar-refractivity contribution in [1.29, 1.82) is 0 Å². The quantitative estimate of drug-likeness (QED) is 0.353. The highest BCUT2D eigenvalue weighted by molar-refractivity contribution is 8.00. The average Bonchev–Trinajstić information content (AvgIpc) is 2.72. The Kier molecular flexibility index (Phi) is 6.66. The molecule has 8 heteroatoms. The zero-order valence-electron chi connectivity index (χ0n) is 15.1. The SMILES string of the molecule is O=C(CSc1cccc(C(F)(F)F)c1)Nc1ccc(N=Nc2ccccc2)cc1. The third-order valence-corrected chi connectivity index (χ3v) is 4.71. The molecule has 0 spiro atoms. The van der Waals surface area contributed by atoms with Crippen molar-refractivity contribution >= 4 is 34.7 Å². The van der Waals surface area contributed by atoms with E-state index in [1.165, 1.54) is 6.07 Å². The lowest BCUT2D eigenvalue weighted by atomic mass is 10.2. The maximum absolute atomic E-state index is 12.7. The Morgan fingerprint density at radius 3 is 2.17 bits per heavy atom. The number of halogens is 3. The third kappa shape index (κ3) is 6.46. The molecule has 3 aromatic carbocycles. The van der Waals surface area contributed by atoms with E-state index in [2.05, 4.69) is 15.5 Å². The highest BCUT2D eigenvalue weighted by atomic mass is 32.2. The van der Waals surface area contributed by atoms with Crippen LogP contribution in [0.4, 0.5) is 30.2 Å². The molecule has 29 heavy (non-hydrogen) atoms. The van der Waals surface area contributed by atoms with Crippen molar-refractivity contribution in [2.45, 2.75) is 11.1 Å². The van der Waals surface area contributed by atoms with Crippen LogP contribution in [0.1, 0.15) is 5.56 Å². The lowest BCUT2D eigenvalue weighted by molar-refractivity contribution is -0.137. The number of nitrogens with one attached hydrogen (secondary N) is 1. The molecule has 148 valence electrons. The van der Waals surface area contributed by atoms with Crippen molar-refractivity contribution in [3.05, 3.63) is 84.4 Å². The summed E-state index contributed by atoms with van der Waals surface area (Å²) in [5, 5.41) is 10.9. The van der Waals surface area contributed by atoms with E-state index in [4.69, 9.17) is 0 Å². The van der Waals surface area contributed by atoms with Gasteiger partial charge in [-0.1, -0.05) is 24.3 Å². The minimum absolute atomic E-state index is 0.00320. The Morgan fingerprint density at radius 1 is 0.862 bits per heavy atom. The first-order chi connectivity index (χ1) is 13.9. The van der Waals surface area contributed by atoms with Gasteiger partial charge in [0, 0.05) is 10.6 Å². The second-order valence-corrected chi connectivity index (χ2v) is 6.99. The number of benzene rings is 3. The van der Waals surface area contributed by atoms with E-state index in [1.54, 1.807) is 30.3 Å². The number of azo groups is 1. The molecule has 0 heterocycles. The van der Waals surface area contributed by atoms with Crippen molar-refractivity contribution in [3.8, 4) is 0 Å². The summed E-state index contributed by atoms with van der Waals surface area (Å²) in [6.07, 6.45) is -4.40. The largest absolute Gasteiger partial charge is 0.416 e. The second-order valence-electron chi connectivity index (χ2n) is 5.94. The van der Waals surface area contributed by atoms with Crippen molar-refractivity contribution in [2.75, 3.05) is 11.1 Å². The molecule has 3 aromatic rings. The van der Waals surface area contributed by atoms with Crippen LogP contribution in [-0.4, -0.2) is 11.7 Å². The summed E-state index contributed by atoms with van der Waals surface area (Å²) in [5.74, 6) is -0.317. The Hall–Kier alpha value is -3.13. The second kappa shape index (κ2) is 9.38. The van der Waals surface area contributed by atoms with E-state index < -0.39 is 11.7 Å². The van der Waals surface area contributed by atoms with E-state index >= 15 is 0 Å². The molecule has 0 radical (unpaired) electrons. The van der Waals surface area contributed by atoms with E-state index in [-0.39, 0.29) is 11.7 Å². The van der Waals surface area contributed by atoms with Crippen LogP contribution < -0.4 is 5.32 Å². The van der Waals surface area contributed by atoms with Crippen LogP contribution in [0.5, 0.6) is 0 Å². The van der Waals surface area contributed by atoms with Crippen molar-refractivity contribution < 1.29 is 18.0 Å². The smallest absolute Gasteiger partial charge is 0.325 e. The highest BCUT2D eigenvalue weighted by Crippen LogP contribution is 2.32. The molecule has 0 saturated heterocycles. The molecule has 0 saturated carbocycles. The summed E-state index contributed by atoms with van der Waals surface area (Å²) in [6.45, 7) is 0. The molecule has 0 unspecified atom stereocenters. The monoisotopic (exact) mass is 415 g/mol. The molecule has 0 fully saturated rings. The zero-order valence-corrected chi connectivity index (χ0v) is 15.9. The summed E-state index contributed by atoms with van der Waals surface area (Å²) in [7, 11) is 0. The maximum atomic E-state index is 12.7. The standard InChI is InChI=1S/C21H16F3N3OS/c22-21(23,24)15-5-4-8-19(13-15)29-14-20(28)25-16-9-11-18(12-10-16)27-26-17-6-2-1-3-7-17/h1-13H,14H2,(H,25,28). The lowest BCUT2D eigenvalue weighted by Gasteiger charge is -2.09. The number of amides is 1. The van der Waals surface area contributed by atoms with Gasteiger partial charge in [-0.15, -0.1) is 11.8 Å². The fraction of sp³-hybridized carbons (Fsp3) is 0.0952. The molecule has 0 aliphatic carbocycles. The van der Waals surface area contributed by atoms with Gasteiger partial charge in [-0.3, -0.25) is 4.79 Å². The number of thioether (sulfide) groups is 1. The number of rotatable bonds is 6. The fourth-order valence-corrected chi connectivity index (χ4v) is 3.08. The summed E-state index contributed by atoms with van der Waals surface area (Å²) in [6, 6.07) is 21.0. The van der Waals surface area contributed by atoms with Gasteiger partial charge in [0.25, 0.3) is 0 Å². The Labute approximate surface area is 169 Å².